The van der Waals surface area contributed by atoms with Crippen LogP contribution in [0.4, 0.5) is 5.69 Å². The molecule has 0 saturated carbocycles. The molecule has 18 heavy (non-hydrogen) atoms. The number of hydrogen-bond acceptors (Lipinski definition) is 4. The van der Waals surface area contributed by atoms with Crippen molar-refractivity contribution in [2.75, 3.05) is 38.8 Å². The minimum atomic E-state index is 0.804. The van der Waals surface area contributed by atoms with Crippen molar-refractivity contribution in [1.82, 2.24) is 10.3 Å². The molecule has 0 atom stereocenters. The van der Waals surface area contributed by atoms with Gasteiger partial charge >= 0.3 is 0 Å². The van der Waals surface area contributed by atoms with Crippen LogP contribution in [0.2, 0.25) is 0 Å². The van der Waals surface area contributed by atoms with Gasteiger partial charge in [0.25, 0.3) is 0 Å². The molecular weight excluding hydrogens is 226 g/mol. The molecule has 0 unspecified atom stereocenters. The molecule has 0 saturated heterocycles. The zero-order valence-corrected chi connectivity index (χ0v) is 11.8. The number of aromatic nitrogens is 1. The fourth-order valence-corrected chi connectivity index (χ4v) is 1.89. The van der Waals surface area contributed by atoms with Gasteiger partial charge in [0.15, 0.2) is 0 Å². The Bertz CT molecular complexity index is 331. The van der Waals surface area contributed by atoms with E-state index in [2.05, 4.69) is 35.2 Å². The van der Waals surface area contributed by atoms with Crippen LogP contribution in [0, 0.1) is 0 Å². The summed E-state index contributed by atoms with van der Waals surface area (Å²) in [6.45, 7) is 5.90. The number of rotatable bonds is 9. The Kier molecular flexibility index (Phi) is 7.37. The van der Waals surface area contributed by atoms with Gasteiger partial charge in [0.05, 0.1) is 0 Å². The fraction of sp³-hybridized carbons (Fsp3) is 0.643. The van der Waals surface area contributed by atoms with Crippen molar-refractivity contribution in [3.05, 3.63) is 24.0 Å². The Morgan fingerprint density at radius 1 is 1.44 bits per heavy atom. The highest BCUT2D eigenvalue weighted by molar-refractivity contribution is 5.51. The molecule has 0 bridgehead atoms. The Morgan fingerprint density at radius 2 is 2.28 bits per heavy atom. The molecule has 1 N–H and O–H groups in total. The first-order valence-electron chi connectivity index (χ1n) is 6.63. The highest BCUT2D eigenvalue weighted by atomic mass is 16.5. The van der Waals surface area contributed by atoms with E-state index in [9.17, 15) is 0 Å². The lowest BCUT2D eigenvalue weighted by Crippen LogP contribution is -2.23. The van der Waals surface area contributed by atoms with Crippen LogP contribution in [-0.4, -0.2) is 38.8 Å². The molecule has 1 rings (SSSR count). The van der Waals surface area contributed by atoms with Crippen LogP contribution < -0.4 is 10.2 Å². The van der Waals surface area contributed by atoms with Crippen LogP contribution in [0.5, 0.6) is 0 Å². The summed E-state index contributed by atoms with van der Waals surface area (Å²) < 4.78 is 5.09. The first-order chi connectivity index (χ1) is 8.79. The van der Waals surface area contributed by atoms with Crippen molar-refractivity contribution in [3.63, 3.8) is 0 Å². The van der Waals surface area contributed by atoms with Gasteiger partial charge in [-0.3, -0.25) is 4.98 Å². The van der Waals surface area contributed by atoms with E-state index < -0.39 is 0 Å². The highest BCUT2D eigenvalue weighted by Crippen LogP contribution is 2.17. The summed E-state index contributed by atoms with van der Waals surface area (Å²) in [6.07, 6.45) is 5.99. The second-order valence-electron chi connectivity index (χ2n) is 4.45. The summed E-state index contributed by atoms with van der Waals surface area (Å²) in [7, 11) is 3.86. The third kappa shape index (κ3) is 5.02. The Balaban J connectivity index is 2.56. The van der Waals surface area contributed by atoms with Gasteiger partial charge in [-0.15, -0.1) is 0 Å². The molecule has 0 aliphatic carbocycles. The molecule has 0 radical (unpaired) electrons. The van der Waals surface area contributed by atoms with Crippen LogP contribution in [0.3, 0.4) is 0 Å². The largest absolute Gasteiger partial charge is 0.385 e. The smallest absolute Gasteiger partial charge is 0.0479 e. The first kappa shape index (κ1) is 14.9. The quantitative estimate of drug-likeness (QED) is 0.682. The van der Waals surface area contributed by atoms with Crippen LogP contribution >= 0.6 is 0 Å². The molecular formula is C14H25N3O. The van der Waals surface area contributed by atoms with Crippen LogP contribution in [0.25, 0.3) is 0 Å². The summed E-state index contributed by atoms with van der Waals surface area (Å²) >= 11 is 0. The minimum absolute atomic E-state index is 0.804. The van der Waals surface area contributed by atoms with Gasteiger partial charge in [-0.2, -0.15) is 0 Å². The van der Waals surface area contributed by atoms with Crippen molar-refractivity contribution < 1.29 is 4.74 Å². The van der Waals surface area contributed by atoms with E-state index in [0.29, 0.717) is 0 Å². The van der Waals surface area contributed by atoms with Gasteiger partial charge in [0.2, 0.25) is 0 Å². The number of nitrogens with one attached hydrogen (secondary N) is 1. The van der Waals surface area contributed by atoms with E-state index >= 15 is 0 Å². The van der Waals surface area contributed by atoms with Gasteiger partial charge in [-0.25, -0.2) is 0 Å². The predicted octanol–water partition coefficient (Wildman–Crippen LogP) is 2.05. The average molecular weight is 251 g/mol. The Hall–Kier alpha value is -1.13. The number of ether oxygens (including phenoxy) is 1. The molecule has 1 aromatic rings. The summed E-state index contributed by atoms with van der Waals surface area (Å²) in [4.78, 5) is 6.48. The summed E-state index contributed by atoms with van der Waals surface area (Å²) in [5, 5.41) is 3.42. The van der Waals surface area contributed by atoms with E-state index in [1.54, 1.807) is 7.11 Å². The predicted molar refractivity (Wildman–Crippen MR) is 76.0 cm³/mol. The maximum absolute atomic E-state index is 5.09. The minimum Gasteiger partial charge on any atom is -0.385 e. The highest BCUT2D eigenvalue weighted by Gasteiger charge is 2.06. The van der Waals surface area contributed by atoms with Crippen LogP contribution in [-0.2, 0) is 11.3 Å². The molecule has 1 aromatic heterocycles. The molecule has 0 amide bonds. The maximum Gasteiger partial charge on any atom is 0.0479 e. The molecule has 102 valence electrons. The van der Waals surface area contributed by atoms with E-state index in [0.717, 1.165) is 39.1 Å². The lowest BCUT2D eigenvalue weighted by Gasteiger charge is -2.22. The maximum atomic E-state index is 5.09. The molecule has 4 heteroatoms. The lowest BCUT2D eigenvalue weighted by atomic mass is 10.2. The molecule has 0 aliphatic heterocycles. The monoisotopic (exact) mass is 251 g/mol. The standard InChI is InChI=1S/C14H25N3O/c1-4-7-15-11-13-12-16-8-6-14(13)17(2)9-5-10-18-3/h6,8,12,15H,4-5,7,9-11H2,1-3H3. The fourth-order valence-electron chi connectivity index (χ4n) is 1.89. The summed E-state index contributed by atoms with van der Waals surface area (Å²) in [5.41, 5.74) is 2.51. The van der Waals surface area contributed by atoms with Gasteiger partial charge < -0.3 is 15.0 Å². The first-order valence-corrected chi connectivity index (χ1v) is 6.63. The second kappa shape index (κ2) is 8.89. The topological polar surface area (TPSA) is 37.4 Å². The lowest BCUT2D eigenvalue weighted by molar-refractivity contribution is 0.196. The summed E-state index contributed by atoms with van der Waals surface area (Å²) in [5.74, 6) is 0. The van der Waals surface area contributed by atoms with Gasteiger partial charge in [-0.1, -0.05) is 6.92 Å². The van der Waals surface area contributed by atoms with E-state index in [1.165, 1.54) is 11.3 Å². The molecule has 0 spiro atoms. The number of anilines is 1. The normalized spacial score (nSPS) is 10.6. The average Bonchev–Trinajstić information content (AvgIpc) is 2.40. The van der Waals surface area contributed by atoms with Crippen LogP contribution in [0.1, 0.15) is 25.3 Å². The number of hydrogen-bond donors (Lipinski definition) is 1. The van der Waals surface area contributed by atoms with Crippen molar-refractivity contribution >= 4 is 5.69 Å². The van der Waals surface area contributed by atoms with Crippen molar-refractivity contribution in [3.8, 4) is 0 Å². The number of pyridine rings is 1. The second-order valence-corrected chi connectivity index (χ2v) is 4.45. The zero-order chi connectivity index (χ0) is 13.2. The molecule has 0 fully saturated rings. The molecule has 0 aromatic carbocycles. The third-order valence-electron chi connectivity index (χ3n) is 2.87. The van der Waals surface area contributed by atoms with E-state index in [1.807, 2.05) is 12.4 Å². The van der Waals surface area contributed by atoms with Crippen molar-refractivity contribution in [2.24, 2.45) is 0 Å². The van der Waals surface area contributed by atoms with E-state index in [4.69, 9.17) is 4.74 Å². The van der Waals surface area contributed by atoms with Gasteiger partial charge in [0, 0.05) is 57.5 Å². The molecule has 4 nitrogen and oxygen atoms in total. The third-order valence-corrected chi connectivity index (χ3v) is 2.87. The Labute approximate surface area is 110 Å². The van der Waals surface area contributed by atoms with Crippen molar-refractivity contribution in [2.45, 2.75) is 26.3 Å². The summed E-state index contributed by atoms with van der Waals surface area (Å²) in [6, 6.07) is 2.08. The number of methoxy groups -OCH3 is 1. The zero-order valence-electron chi connectivity index (χ0n) is 11.8. The number of nitrogens with zero attached hydrogens (tertiary/aromatic N) is 2. The van der Waals surface area contributed by atoms with Gasteiger partial charge in [0.1, 0.15) is 0 Å². The SMILES string of the molecule is CCCNCc1cnccc1N(C)CCCOC. The van der Waals surface area contributed by atoms with Gasteiger partial charge in [-0.05, 0) is 25.5 Å². The van der Waals surface area contributed by atoms with Crippen molar-refractivity contribution in [1.29, 1.82) is 0 Å². The van der Waals surface area contributed by atoms with E-state index in [-0.39, 0.29) is 0 Å². The molecule has 1 heterocycles. The van der Waals surface area contributed by atoms with Crippen LogP contribution in [0.15, 0.2) is 18.5 Å². The Morgan fingerprint density at radius 3 is 3.00 bits per heavy atom. The molecule has 0 aliphatic rings.